The van der Waals surface area contributed by atoms with Crippen LogP contribution in [0.15, 0.2) is 12.3 Å². The third-order valence-corrected chi connectivity index (χ3v) is 4.42. The van der Waals surface area contributed by atoms with Crippen molar-refractivity contribution in [3.05, 3.63) is 17.8 Å². The summed E-state index contributed by atoms with van der Waals surface area (Å²) in [6, 6.07) is 2.70. The molecule has 108 valence electrons. The average molecular weight is 275 g/mol. The maximum absolute atomic E-state index is 11.4. The van der Waals surface area contributed by atoms with E-state index >= 15 is 0 Å². The van der Waals surface area contributed by atoms with Crippen LogP contribution >= 0.6 is 0 Å². The number of amides is 1. The Kier molecular flexibility index (Phi) is 3.25. The molecule has 20 heavy (non-hydrogen) atoms. The predicted molar refractivity (Wildman–Crippen MR) is 78.6 cm³/mol. The lowest BCUT2D eigenvalue weighted by Crippen LogP contribution is -2.55. The lowest BCUT2D eigenvalue weighted by Gasteiger charge is -2.43. The molecule has 0 bridgehead atoms. The van der Waals surface area contributed by atoms with Gasteiger partial charge in [-0.25, -0.2) is 4.98 Å². The molecule has 0 spiro atoms. The summed E-state index contributed by atoms with van der Waals surface area (Å²) in [6.45, 7) is 5.39. The van der Waals surface area contributed by atoms with Crippen LogP contribution in [0, 0.1) is 0 Å². The number of hydrogen-bond acceptors (Lipinski definition) is 5. The van der Waals surface area contributed by atoms with Gasteiger partial charge in [-0.3, -0.25) is 9.69 Å². The van der Waals surface area contributed by atoms with Crippen molar-refractivity contribution in [1.82, 2.24) is 9.88 Å². The SMILES string of the molecule is CC1CN2CCCC2CN1c1cc(C(N)=O)c(N)cn1. The minimum atomic E-state index is -0.502. The first kappa shape index (κ1) is 13.2. The lowest BCUT2D eigenvalue weighted by molar-refractivity contribution is 0.100. The van der Waals surface area contributed by atoms with Gasteiger partial charge in [-0.1, -0.05) is 0 Å². The first-order chi connectivity index (χ1) is 9.56. The normalized spacial score (nSPS) is 26.6. The summed E-state index contributed by atoms with van der Waals surface area (Å²) in [5.41, 5.74) is 11.8. The minimum Gasteiger partial charge on any atom is -0.397 e. The monoisotopic (exact) mass is 275 g/mol. The van der Waals surface area contributed by atoms with Crippen LogP contribution in [0.3, 0.4) is 0 Å². The number of aromatic nitrogens is 1. The number of nitrogen functional groups attached to an aromatic ring is 1. The van der Waals surface area contributed by atoms with E-state index in [4.69, 9.17) is 11.5 Å². The van der Waals surface area contributed by atoms with E-state index in [1.807, 2.05) is 0 Å². The van der Waals surface area contributed by atoms with Crippen LogP contribution in [-0.4, -0.2) is 47.5 Å². The second kappa shape index (κ2) is 4.94. The van der Waals surface area contributed by atoms with Crippen molar-refractivity contribution in [3.63, 3.8) is 0 Å². The second-order valence-electron chi connectivity index (χ2n) is 5.79. The van der Waals surface area contributed by atoms with Crippen LogP contribution in [-0.2, 0) is 0 Å². The Hall–Kier alpha value is -1.82. The number of fused-ring (bicyclic) bond motifs is 1. The molecule has 2 saturated heterocycles. The van der Waals surface area contributed by atoms with Crippen molar-refractivity contribution < 1.29 is 4.79 Å². The van der Waals surface area contributed by atoms with Crippen molar-refractivity contribution in [3.8, 4) is 0 Å². The summed E-state index contributed by atoms with van der Waals surface area (Å²) in [7, 11) is 0. The van der Waals surface area contributed by atoms with Crippen LogP contribution in [0.2, 0.25) is 0 Å². The number of carbonyl (C=O) groups excluding carboxylic acids is 1. The van der Waals surface area contributed by atoms with E-state index in [2.05, 4.69) is 21.7 Å². The number of pyridine rings is 1. The molecule has 2 aliphatic rings. The Bertz CT molecular complexity index is 532. The van der Waals surface area contributed by atoms with Gasteiger partial charge in [0.1, 0.15) is 5.82 Å². The molecule has 6 nitrogen and oxygen atoms in total. The third kappa shape index (κ3) is 2.20. The molecular weight excluding hydrogens is 254 g/mol. The van der Waals surface area contributed by atoms with Gasteiger partial charge in [-0.15, -0.1) is 0 Å². The van der Waals surface area contributed by atoms with Crippen LogP contribution < -0.4 is 16.4 Å². The van der Waals surface area contributed by atoms with E-state index in [1.165, 1.54) is 25.6 Å². The highest BCUT2D eigenvalue weighted by molar-refractivity contribution is 5.98. The number of piperazine rings is 1. The molecule has 1 aromatic rings. The number of nitrogens with two attached hydrogens (primary N) is 2. The lowest BCUT2D eigenvalue weighted by atomic mass is 10.1. The largest absolute Gasteiger partial charge is 0.397 e. The molecule has 0 radical (unpaired) electrons. The Morgan fingerprint density at radius 1 is 1.45 bits per heavy atom. The van der Waals surface area contributed by atoms with E-state index in [-0.39, 0.29) is 0 Å². The zero-order chi connectivity index (χ0) is 14.3. The Morgan fingerprint density at radius 3 is 3.00 bits per heavy atom. The van der Waals surface area contributed by atoms with Gasteiger partial charge in [0.15, 0.2) is 0 Å². The van der Waals surface area contributed by atoms with Gasteiger partial charge in [0.2, 0.25) is 0 Å². The average Bonchev–Trinajstić information content (AvgIpc) is 2.85. The molecular formula is C14H21N5O. The molecule has 3 heterocycles. The summed E-state index contributed by atoms with van der Waals surface area (Å²) in [4.78, 5) is 20.6. The number of nitrogens with zero attached hydrogens (tertiary/aromatic N) is 3. The van der Waals surface area contributed by atoms with Gasteiger partial charge >= 0.3 is 0 Å². The predicted octanol–water partition coefficient (Wildman–Crippen LogP) is 0.436. The zero-order valence-corrected chi connectivity index (χ0v) is 11.7. The fourth-order valence-electron chi connectivity index (χ4n) is 3.33. The molecule has 2 aliphatic heterocycles. The van der Waals surface area contributed by atoms with Crippen LogP contribution in [0.25, 0.3) is 0 Å². The molecule has 2 unspecified atom stereocenters. The molecule has 1 amide bonds. The summed E-state index contributed by atoms with van der Waals surface area (Å²) in [6.07, 6.45) is 4.04. The maximum atomic E-state index is 11.4. The highest BCUT2D eigenvalue weighted by Crippen LogP contribution is 2.28. The Labute approximate surface area is 118 Å². The van der Waals surface area contributed by atoms with E-state index in [9.17, 15) is 4.79 Å². The van der Waals surface area contributed by atoms with E-state index in [1.54, 1.807) is 6.07 Å². The Balaban J connectivity index is 1.88. The highest BCUT2D eigenvalue weighted by Gasteiger charge is 2.35. The Morgan fingerprint density at radius 2 is 2.25 bits per heavy atom. The molecule has 3 rings (SSSR count). The van der Waals surface area contributed by atoms with Crippen molar-refractivity contribution in [2.45, 2.75) is 31.8 Å². The van der Waals surface area contributed by atoms with E-state index < -0.39 is 5.91 Å². The van der Waals surface area contributed by atoms with Crippen LogP contribution in [0.1, 0.15) is 30.1 Å². The highest BCUT2D eigenvalue weighted by atomic mass is 16.1. The standard InChI is InChI=1S/C14H21N5O/c1-9-7-18-4-2-3-10(18)8-19(9)13-5-11(14(16)20)12(15)6-17-13/h5-6,9-10H,2-4,7-8,15H2,1H3,(H2,16,20). The molecule has 1 aromatic heterocycles. The molecule has 2 atom stereocenters. The first-order valence-corrected chi connectivity index (χ1v) is 7.12. The van der Waals surface area contributed by atoms with Crippen molar-refractivity contribution in [1.29, 1.82) is 0 Å². The molecule has 2 fully saturated rings. The van der Waals surface area contributed by atoms with Gasteiger partial charge < -0.3 is 16.4 Å². The number of anilines is 2. The molecule has 6 heteroatoms. The number of carbonyl (C=O) groups is 1. The van der Waals surface area contributed by atoms with Crippen LogP contribution in [0.4, 0.5) is 11.5 Å². The summed E-state index contributed by atoms with van der Waals surface area (Å²) in [5, 5.41) is 0. The molecule has 0 saturated carbocycles. The van der Waals surface area contributed by atoms with Gasteiger partial charge in [0, 0.05) is 25.2 Å². The first-order valence-electron chi connectivity index (χ1n) is 7.12. The zero-order valence-electron chi connectivity index (χ0n) is 11.7. The molecule has 0 aliphatic carbocycles. The molecule has 0 aromatic carbocycles. The summed E-state index contributed by atoms with van der Waals surface area (Å²) >= 11 is 0. The number of primary amides is 1. The van der Waals surface area contributed by atoms with Crippen molar-refractivity contribution >= 4 is 17.4 Å². The smallest absolute Gasteiger partial charge is 0.250 e. The number of hydrogen-bond donors (Lipinski definition) is 2. The van der Waals surface area contributed by atoms with Crippen molar-refractivity contribution in [2.75, 3.05) is 30.3 Å². The molecule has 4 N–H and O–H groups in total. The van der Waals surface area contributed by atoms with E-state index in [0.29, 0.717) is 23.3 Å². The quantitative estimate of drug-likeness (QED) is 0.817. The van der Waals surface area contributed by atoms with Gasteiger partial charge in [-0.2, -0.15) is 0 Å². The second-order valence-corrected chi connectivity index (χ2v) is 5.79. The van der Waals surface area contributed by atoms with Gasteiger partial charge in [-0.05, 0) is 32.4 Å². The van der Waals surface area contributed by atoms with Gasteiger partial charge in [0.25, 0.3) is 5.91 Å². The van der Waals surface area contributed by atoms with Crippen LogP contribution in [0.5, 0.6) is 0 Å². The fourth-order valence-corrected chi connectivity index (χ4v) is 3.33. The third-order valence-electron chi connectivity index (χ3n) is 4.42. The summed E-state index contributed by atoms with van der Waals surface area (Å²) in [5.74, 6) is 0.297. The number of rotatable bonds is 2. The maximum Gasteiger partial charge on any atom is 0.250 e. The minimum absolute atomic E-state index is 0.341. The van der Waals surface area contributed by atoms with Crippen molar-refractivity contribution in [2.24, 2.45) is 5.73 Å². The van der Waals surface area contributed by atoms with Gasteiger partial charge in [0.05, 0.1) is 17.4 Å². The van der Waals surface area contributed by atoms with E-state index in [0.717, 1.165) is 18.9 Å². The fraction of sp³-hybridized carbons (Fsp3) is 0.571. The topological polar surface area (TPSA) is 88.5 Å². The summed E-state index contributed by atoms with van der Waals surface area (Å²) < 4.78 is 0.